The van der Waals surface area contributed by atoms with Crippen molar-refractivity contribution < 1.29 is 9.84 Å². The molecule has 2 atom stereocenters. The molecule has 2 unspecified atom stereocenters. The number of nitrogens with zero attached hydrogens (tertiary/aromatic N) is 2. The zero-order valence-electron chi connectivity index (χ0n) is 11.7. The van der Waals surface area contributed by atoms with Crippen molar-refractivity contribution in [3.05, 3.63) is 29.3 Å². The maximum Gasteiger partial charge on any atom is 0.128 e. The van der Waals surface area contributed by atoms with E-state index in [4.69, 9.17) is 4.74 Å². The van der Waals surface area contributed by atoms with Crippen LogP contribution < -0.4 is 4.74 Å². The number of fused-ring (bicyclic) bond motifs is 1. The van der Waals surface area contributed by atoms with Gasteiger partial charge in [0.15, 0.2) is 0 Å². The van der Waals surface area contributed by atoms with Crippen LogP contribution in [0.4, 0.5) is 0 Å². The minimum Gasteiger partial charge on any atom is -0.493 e. The molecule has 19 heavy (non-hydrogen) atoms. The van der Waals surface area contributed by atoms with Crippen LogP contribution in [0.2, 0.25) is 0 Å². The molecule has 4 nitrogen and oxygen atoms in total. The third kappa shape index (κ3) is 2.36. The molecular formula is C15H22N2O2. The van der Waals surface area contributed by atoms with Crippen molar-refractivity contribution in [3.63, 3.8) is 0 Å². The summed E-state index contributed by atoms with van der Waals surface area (Å²) in [5.41, 5.74) is 2.17. The summed E-state index contributed by atoms with van der Waals surface area (Å²) < 4.78 is 5.71. The van der Waals surface area contributed by atoms with E-state index in [1.807, 2.05) is 12.1 Å². The van der Waals surface area contributed by atoms with E-state index in [-0.39, 0.29) is 6.04 Å². The molecule has 0 aliphatic carbocycles. The Bertz CT molecular complexity index is 463. The van der Waals surface area contributed by atoms with Gasteiger partial charge >= 0.3 is 0 Å². The first-order chi connectivity index (χ1) is 9.16. The molecule has 2 aliphatic heterocycles. The van der Waals surface area contributed by atoms with Crippen molar-refractivity contribution in [2.45, 2.75) is 18.6 Å². The highest BCUT2D eigenvalue weighted by Crippen LogP contribution is 2.36. The Labute approximate surface area is 114 Å². The molecule has 3 rings (SSSR count). The minimum absolute atomic E-state index is 0.134. The number of rotatable bonds is 2. The first kappa shape index (κ1) is 12.9. The van der Waals surface area contributed by atoms with Gasteiger partial charge in [-0.15, -0.1) is 0 Å². The Morgan fingerprint density at radius 3 is 3.00 bits per heavy atom. The Hall–Kier alpha value is -1.10. The maximum absolute atomic E-state index is 10.7. The molecule has 0 aromatic heterocycles. The Morgan fingerprint density at radius 1 is 1.32 bits per heavy atom. The van der Waals surface area contributed by atoms with Crippen LogP contribution in [0, 0.1) is 0 Å². The van der Waals surface area contributed by atoms with Crippen molar-refractivity contribution in [1.82, 2.24) is 9.80 Å². The number of likely N-dealkylation sites (N-methyl/N-ethyl adjacent to an activating group) is 2. The normalized spacial score (nSPS) is 25.9. The lowest BCUT2D eigenvalue weighted by molar-refractivity contribution is 0.0127. The fraction of sp³-hybridized carbons (Fsp3) is 0.600. The van der Waals surface area contributed by atoms with E-state index < -0.39 is 6.10 Å². The number of aliphatic hydroxyl groups is 1. The first-order valence-electron chi connectivity index (χ1n) is 6.98. The van der Waals surface area contributed by atoms with Gasteiger partial charge in [0, 0.05) is 31.6 Å². The van der Waals surface area contributed by atoms with E-state index >= 15 is 0 Å². The summed E-state index contributed by atoms with van der Waals surface area (Å²) in [5.74, 6) is 0.914. The summed E-state index contributed by atoms with van der Waals surface area (Å²) in [4.78, 5) is 4.52. The van der Waals surface area contributed by atoms with Crippen molar-refractivity contribution >= 4 is 0 Å². The molecule has 2 heterocycles. The summed E-state index contributed by atoms with van der Waals surface area (Å²) >= 11 is 0. The number of hydrogen-bond acceptors (Lipinski definition) is 4. The first-order valence-corrected chi connectivity index (χ1v) is 6.98. The van der Waals surface area contributed by atoms with E-state index in [9.17, 15) is 5.11 Å². The quantitative estimate of drug-likeness (QED) is 0.859. The second-order valence-electron chi connectivity index (χ2n) is 5.69. The molecule has 0 bridgehead atoms. The van der Waals surface area contributed by atoms with E-state index in [0.717, 1.165) is 44.0 Å². The smallest absolute Gasteiger partial charge is 0.128 e. The van der Waals surface area contributed by atoms with Crippen molar-refractivity contribution in [3.8, 4) is 5.75 Å². The van der Waals surface area contributed by atoms with Crippen LogP contribution in [-0.2, 0) is 6.42 Å². The molecule has 1 saturated heterocycles. The predicted octanol–water partition coefficient (Wildman–Crippen LogP) is 0.901. The third-order valence-electron chi connectivity index (χ3n) is 4.33. The lowest BCUT2D eigenvalue weighted by Gasteiger charge is -2.40. The maximum atomic E-state index is 10.7. The number of aliphatic hydroxyl groups excluding tert-OH is 1. The molecule has 1 fully saturated rings. The van der Waals surface area contributed by atoms with Crippen LogP contribution in [0.3, 0.4) is 0 Å². The number of benzene rings is 1. The van der Waals surface area contributed by atoms with Crippen molar-refractivity contribution in [1.29, 1.82) is 0 Å². The largest absolute Gasteiger partial charge is 0.493 e. The summed E-state index contributed by atoms with van der Waals surface area (Å²) in [7, 11) is 4.20. The Morgan fingerprint density at radius 2 is 2.16 bits per heavy atom. The van der Waals surface area contributed by atoms with Gasteiger partial charge in [-0.2, -0.15) is 0 Å². The highest BCUT2D eigenvalue weighted by Gasteiger charge is 2.32. The van der Waals surface area contributed by atoms with Gasteiger partial charge in [0.1, 0.15) is 5.75 Å². The lowest BCUT2D eigenvalue weighted by atomic mass is 9.96. The number of hydrogen-bond donors (Lipinski definition) is 1. The summed E-state index contributed by atoms with van der Waals surface area (Å²) in [6.07, 6.45) is 0.469. The number of piperazine rings is 1. The number of ether oxygens (including phenoxy) is 1. The van der Waals surface area contributed by atoms with E-state index in [2.05, 4.69) is 30.0 Å². The second-order valence-corrected chi connectivity index (χ2v) is 5.69. The van der Waals surface area contributed by atoms with E-state index in [0.29, 0.717) is 0 Å². The topological polar surface area (TPSA) is 35.9 Å². The zero-order valence-corrected chi connectivity index (χ0v) is 11.7. The molecule has 2 aliphatic rings. The van der Waals surface area contributed by atoms with Gasteiger partial charge in [0.2, 0.25) is 0 Å². The molecule has 4 heteroatoms. The van der Waals surface area contributed by atoms with Crippen molar-refractivity contribution in [2.75, 3.05) is 40.3 Å². The van der Waals surface area contributed by atoms with Crippen LogP contribution in [-0.4, -0.2) is 61.3 Å². The average molecular weight is 262 g/mol. The van der Waals surface area contributed by atoms with Gasteiger partial charge in [0.05, 0.1) is 18.8 Å². The third-order valence-corrected chi connectivity index (χ3v) is 4.33. The number of para-hydroxylation sites is 1. The molecule has 0 radical (unpaired) electrons. The van der Waals surface area contributed by atoms with Crippen LogP contribution in [0.1, 0.15) is 17.2 Å². The van der Waals surface area contributed by atoms with Crippen LogP contribution >= 0.6 is 0 Å². The highest BCUT2D eigenvalue weighted by atomic mass is 16.5. The second kappa shape index (κ2) is 5.12. The molecule has 1 N–H and O–H groups in total. The summed E-state index contributed by atoms with van der Waals surface area (Å²) in [6.45, 7) is 3.68. The Balaban J connectivity index is 1.87. The van der Waals surface area contributed by atoms with Gasteiger partial charge in [-0.05, 0) is 19.7 Å². The fourth-order valence-electron chi connectivity index (χ4n) is 3.07. The van der Waals surface area contributed by atoms with Gasteiger partial charge in [-0.3, -0.25) is 4.90 Å². The van der Waals surface area contributed by atoms with E-state index in [1.165, 1.54) is 5.56 Å². The molecule has 104 valence electrons. The molecule has 1 aromatic carbocycles. The molecule has 1 aromatic rings. The molecule has 0 spiro atoms. The van der Waals surface area contributed by atoms with Gasteiger partial charge < -0.3 is 14.7 Å². The summed E-state index contributed by atoms with van der Waals surface area (Å²) in [6, 6.07) is 6.25. The van der Waals surface area contributed by atoms with Gasteiger partial charge in [-0.25, -0.2) is 0 Å². The van der Waals surface area contributed by atoms with E-state index in [1.54, 1.807) is 0 Å². The van der Waals surface area contributed by atoms with Crippen molar-refractivity contribution in [2.24, 2.45) is 0 Å². The predicted molar refractivity (Wildman–Crippen MR) is 74.5 cm³/mol. The van der Waals surface area contributed by atoms with Crippen LogP contribution in [0.15, 0.2) is 18.2 Å². The monoisotopic (exact) mass is 262 g/mol. The molecule has 0 amide bonds. The molecular weight excluding hydrogens is 240 g/mol. The zero-order chi connectivity index (χ0) is 13.4. The van der Waals surface area contributed by atoms with Gasteiger partial charge in [-0.1, -0.05) is 18.2 Å². The SMILES string of the molecule is CN1CCN(C)C(C(O)c2cccc3c2OCC3)C1. The standard InChI is InChI=1S/C15H22N2O2/c1-16-7-8-17(2)13(10-16)14(18)12-5-3-4-11-6-9-19-15(11)12/h3-5,13-14,18H,6-10H2,1-2H3. The Kier molecular flexibility index (Phi) is 3.48. The summed E-state index contributed by atoms with van der Waals surface area (Å²) in [5, 5.41) is 10.7. The van der Waals surface area contributed by atoms with Gasteiger partial charge in [0.25, 0.3) is 0 Å². The van der Waals surface area contributed by atoms with Crippen LogP contribution in [0.5, 0.6) is 5.75 Å². The lowest BCUT2D eigenvalue weighted by Crippen LogP contribution is -2.52. The van der Waals surface area contributed by atoms with Crippen LogP contribution in [0.25, 0.3) is 0 Å². The molecule has 0 saturated carbocycles. The fourth-order valence-corrected chi connectivity index (χ4v) is 3.07. The highest BCUT2D eigenvalue weighted by molar-refractivity contribution is 5.45. The minimum atomic E-state index is -0.485. The average Bonchev–Trinajstić information content (AvgIpc) is 2.89.